The lowest BCUT2D eigenvalue weighted by Crippen LogP contribution is -2.57. The molecule has 0 aromatic carbocycles. The van der Waals surface area contributed by atoms with Crippen LogP contribution in [0, 0.1) is 0 Å². The standard InChI is InChI=1S/C13H20N2O2/c1-13(2,3)17-12(16)11-8-14-9-6-4-5-7-10(9)15-11/h4-6,10-11,14-15H,7-8H2,1-3H3. The zero-order chi connectivity index (χ0) is 12.5. The monoisotopic (exact) mass is 236 g/mol. The maximum Gasteiger partial charge on any atom is 0.325 e. The van der Waals surface area contributed by atoms with Crippen LogP contribution in [0.4, 0.5) is 0 Å². The molecule has 0 radical (unpaired) electrons. The van der Waals surface area contributed by atoms with E-state index in [4.69, 9.17) is 4.74 Å². The minimum atomic E-state index is -0.429. The highest BCUT2D eigenvalue weighted by Crippen LogP contribution is 2.16. The predicted molar refractivity (Wildman–Crippen MR) is 66.4 cm³/mol. The molecule has 2 unspecified atom stereocenters. The van der Waals surface area contributed by atoms with Gasteiger partial charge in [-0.2, -0.15) is 0 Å². The van der Waals surface area contributed by atoms with E-state index in [-0.39, 0.29) is 18.1 Å². The normalized spacial score (nSPS) is 27.8. The molecule has 1 heterocycles. The summed E-state index contributed by atoms with van der Waals surface area (Å²) in [5, 5.41) is 6.61. The van der Waals surface area contributed by atoms with Crippen molar-refractivity contribution in [3.05, 3.63) is 23.9 Å². The van der Waals surface area contributed by atoms with Crippen molar-refractivity contribution in [3.8, 4) is 0 Å². The van der Waals surface area contributed by atoms with Crippen molar-refractivity contribution in [1.29, 1.82) is 0 Å². The fourth-order valence-electron chi connectivity index (χ4n) is 2.02. The van der Waals surface area contributed by atoms with Gasteiger partial charge in [-0.05, 0) is 33.3 Å². The first-order valence-corrected chi connectivity index (χ1v) is 6.05. The maximum absolute atomic E-state index is 11.9. The van der Waals surface area contributed by atoms with Gasteiger partial charge in [0.2, 0.25) is 0 Å². The summed E-state index contributed by atoms with van der Waals surface area (Å²) in [4.78, 5) is 11.9. The van der Waals surface area contributed by atoms with Crippen molar-refractivity contribution in [1.82, 2.24) is 10.6 Å². The largest absolute Gasteiger partial charge is 0.459 e. The molecule has 2 rings (SSSR count). The molecule has 0 amide bonds. The number of rotatable bonds is 1. The Balaban J connectivity index is 1.95. The summed E-state index contributed by atoms with van der Waals surface area (Å²) >= 11 is 0. The van der Waals surface area contributed by atoms with Crippen LogP contribution in [0.25, 0.3) is 0 Å². The first kappa shape index (κ1) is 12.2. The Kier molecular flexibility index (Phi) is 3.24. The van der Waals surface area contributed by atoms with Gasteiger partial charge < -0.3 is 10.1 Å². The predicted octanol–water partition coefficient (Wildman–Crippen LogP) is 1.10. The van der Waals surface area contributed by atoms with Gasteiger partial charge in [-0.1, -0.05) is 12.2 Å². The number of ether oxygens (including phenoxy) is 1. The van der Waals surface area contributed by atoms with E-state index >= 15 is 0 Å². The zero-order valence-corrected chi connectivity index (χ0v) is 10.6. The highest BCUT2D eigenvalue weighted by atomic mass is 16.6. The van der Waals surface area contributed by atoms with Crippen molar-refractivity contribution in [2.45, 2.75) is 44.9 Å². The Hall–Kier alpha value is -1.29. The first-order chi connectivity index (χ1) is 7.96. The number of hydrogen-bond acceptors (Lipinski definition) is 4. The number of fused-ring (bicyclic) bond motifs is 1. The Morgan fingerprint density at radius 1 is 1.47 bits per heavy atom. The van der Waals surface area contributed by atoms with Crippen LogP contribution in [0.1, 0.15) is 27.2 Å². The van der Waals surface area contributed by atoms with Crippen molar-refractivity contribution < 1.29 is 9.53 Å². The fraction of sp³-hybridized carbons (Fsp3) is 0.615. The second-order valence-electron chi connectivity index (χ2n) is 5.47. The summed E-state index contributed by atoms with van der Waals surface area (Å²) in [5.41, 5.74) is 0.730. The minimum absolute atomic E-state index is 0.182. The summed E-state index contributed by atoms with van der Waals surface area (Å²) in [7, 11) is 0. The van der Waals surface area contributed by atoms with Crippen LogP contribution in [0.5, 0.6) is 0 Å². The van der Waals surface area contributed by atoms with Gasteiger partial charge in [0.25, 0.3) is 0 Å². The lowest BCUT2D eigenvalue weighted by atomic mass is 10.0. The molecular formula is C13H20N2O2. The van der Waals surface area contributed by atoms with Crippen LogP contribution < -0.4 is 10.6 Å². The molecular weight excluding hydrogens is 216 g/mol. The molecule has 1 aliphatic heterocycles. The molecule has 0 spiro atoms. The first-order valence-electron chi connectivity index (χ1n) is 6.05. The molecule has 2 aliphatic rings. The Morgan fingerprint density at radius 3 is 2.94 bits per heavy atom. The topological polar surface area (TPSA) is 50.4 Å². The molecule has 2 atom stereocenters. The van der Waals surface area contributed by atoms with Gasteiger partial charge in [-0.25, -0.2) is 0 Å². The van der Waals surface area contributed by atoms with E-state index in [1.807, 2.05) is 32.9 Å². The lowest BCUT2D eigenvalue weighted by Gasteiger charge is -2.35. The van der Waals surface area contributed by atoms with Crippen molar-refractivity contribution in [2.24, 2.45) is 0 Å². The highest BCUT2D eigenvalue weighted by molar-refractivity contribution is 5.77. The van der Waals surface area contributed by atoms with Gasteiger partial charge in [0.1, 0.15) is 11.6 Å². The smallest absolute Gasteiger partial charge is 0.325 e. The number of carbonyl (C=O) groups excluding carboxylic acids is 1. The fourth-order valence-corrected chi connectivity index (χ4v) is 2.02. The van der Waals surface area contributed by atoms with Gasteiger partial charge in [0, 0.05) is 12.2 Å². The molecule has 2 N–H and O–H groups in total. The summed E-state index contributed by atoms with van der Waals surface area (Å²) in [5.74, 6) is -0.182. The molecule has 0 bridgehead atoms. The van der Waals surface area contributed by atoms with E-state index in [1.165, 1.54) is 0 Å². The maximum atomic E-state index is 11.9. The van der Waals surface area contributed by atoms with Crippen molar-refractivity contribution in [3.63, 3.8) is 0 Å². The Bertz CT molecular complexity index is 366. The number of carbonyl (C=O) groups is 1. The molecule has 1 fully saturated rings. The van der Waals surface area contributed by atoms with E-state index < -0.39 is 5.60 Å². The van der Waals surface area contributed by atoms with Gasteiger partial charge in [-0.15, -0.1) is 0 Å². The van der Waals surface area contributed by atoms with Gasteiger partial charge >= 0.3 is 5.97 Å². The molecule has 4 nitrogen and oxygen atoms in total. The SMILES string of the molecule is CC(C)(C)OC(=O)C1CNC2=CC=CCC2N1. The molecule has 17 heavy (non-hydrogen) atoms. The van der Waals surface area contributed by atoms with Crippen LogP contribution in [0.15, 0.2) is 23.9 Å². The summed E-state index contributed by atoms with van der Waals surface area (Å²) in [6, 6.07) is -0.0471. The van der Waals surface area contributed by atoms with E-state index in [2.05, 4.69) is 16.7 Å². The molecule has 4 heteroatoms. The van der Waals surface area contributed by atoms with Crippen LogP contribution in [-0.4, -0.2) is 30.2 Å². The third kappa shape index (κ3) is 3.09. The van der Waals surface area contributed by atoms with Crippen molar-refractivity contribution >= 4 is 5.97 Å². The molecule has 1 saturated heterocycles. The van der Waals surface area contributed by atoms with Crippen LogP contribution in [0.2, 0.25) is 0 Å². The third-order valence-electron chi connectivity index (χ3n) is 2.76. The van der Waals surface area contributed by atoms with Crippen molar-refractivity contribution in [2.75, 3.05) is 6.54 Å². The molecule has 0 aromatic heterocycles. The number of esters is 1. The van der Waals surface area contributed by atoms with Crippen LogP contribution >= 0.6 is 0 Å². The summed E-state index contributed by atoms with van der Waals surface area (Å²) in [6.45, 7) is 6.24. The van der Waals surface area contributed by atoms with Gasteiger partial charge in [0.05, 0.1) is 6.04 Å². The average molecular weight is 236 g/mol. The second-order valence-corrected chi connectivity index (χ2v) is 5.47. The number of allylic oxidation sites excluding steroid dienone is 2. The summed E-state index contributed by atoms with van der Waals surface area (Å²) < 4.78 is 5.38. The van der Waals surface area contributed by atoms with Gasteiger partial charge in [0.15, 0.2) is 0 Å². The second kappa shape index (κ2) is 4.53. The Labute approximate surface area is 102 Å². The zero-order valence-electron chi connectivity index (χ0n) is 10.6. The lowest BCUT2D eigenvalue weighted by molar-refractivity contribution is -0.157. The van der Waals surface area contributed by atoms with Crippen LogP contribution in [-0.2, 0) is 9.53 Å². The van der Waals surface area contributed by atoms with E-state index in [1.54, 1.807) is 0 Å². The average Bonchev–Trinajstić information content (AvgIpc) is 2.26. The summed E-state index contributed by atoms with van der Waals surface area (Å²) in [6.07, 6.45) is 7.10. The van der Waals surface area contributed by atoms with E-state index in [0.29, 0.717) is 6.54 Å². The van der Waals surface area contributed by atoms with Gasteiger partial charge in [-0.3, -0.25) is 10.1 Å². The number of hydrogen-bond donors (Lipinski definition) is 2. The molecule has 94 valence electrons. The highest BCUT2D eigenvalue weighted by Gasteiger charge is 2.32. The number of piperazine rings is 1. The van der Waals surface area contributed by atoms with E-state index in [0.717, 1.165) is 12.1 Å². The minimum Gasteiger partial charge on any atom is -0.459 e. The molecule has 0 aromatic rings. The van der Waals surface area contributed by atoms with Crippen LogP contribution in [0.3, 0.4) is 0 Å². The quantitative estimate of drug-likeness (QED) is 0.669. The number of nitrogens with one attached hydrogen (secondary N) is 2. The third-order valence-corrected chi connectivity index (χ3v) is 2.76. The van der Waals surface area contributed by atoms with E-state index in [9.17, 15) is 4.79 Å². The molecule has 1 aliphatic carbocycles. The molecule has 0 saturated carbocycles. The Morgan fingerprint density at radius 2 is 2.24 bits per heavy atom.